The van der Waals surface area contributed by atoms with E-state index in [1.807, 2.05) is 32.1 Å². The smallest absolute Gasteiger partial charge is 0.143 e. The molecule has 1 atom stereocenters. The van der Waals surface area contributed by atoms with Gasteiger partial charge in [-0.2, -0.15) is 0 Å². The van der Waals surface area contributed by atoms with E-state index in [0.29, 0.717) is 0 Å². The number of aldehydes is 1. The van der Waals surface area contributed by atoms with Crippen molar-refractivity contribution in [2.45, 2.75) is 66.4 Å². The summed E-state index contributed by atoms with van der Waals surface area (Å²) in [6.45, 7) is 10.6. The molecule has 1 N–H and O–H groups in total. The van der Waals surface area contributed by atoms with Gasteiger partial charge in [0, 0.05) is 0 Å². The van der Waals surface area contributed by atoms with Crippen LogP contribution in [0.1, 0.15) is 60.3 Å². The van der Waals surface area contributed by atoms with Gasteiger partial charge in [0.15, 0.2) is 0 Å². The Hall–Kier alpha value is -1.41. The minimum Gasteiger partial charge on any atom is -0.388 e. The summed E-state index contributed by atoms with van der Waals surface area (Å²) in [5.41, 5.74) is 4.92. The van der Waals surface area contributed by atoms with Gasteiger partial charge in [-0.1, -0.05) is 43.2 Å². The van der Waals surface area contributed by atoms with Crippen molar-refractivity contribution in [2.75, 3.05) is 0 Å². The van der Waals surface area contributed by atoms with Crippen molar-refractivity contribution < 1.29 is 9.90 Å². The lowest BCUT2D eigenvalue weighted by atomic mass is 9.70. The fourth-order valence-electron chi connectivity index (χ4n) is 3.11. The summed E-state index contributed by atoms with van der Waals surface area (Å²) < 4.78 is 0. The lowest BCUT2D eigenvalue weighted by molar-refractivity contribution is -0.104. The molecule has 1 unspecified atom stereocenters. The highest BCUT2D eigenvalue weighted by atomic mass is 16.3. The van der Waals surface area contributed by atoms with Crippen LogP contribution in [0.4, 0.5) is 0 Å². The Bertz CT molecular complexity index is 516. The summed E-state index contributed by atoms with van der Waals surface area (Å²) in [7, 11) is 0. The summed E-state index contributed by atoms with van der Waals surface area (Å²) in [5.74, 6) is 0. The van der Waals surface area contributed by atoms with Gasteiger partial charge < -0.3 is 5.11 Å². The molecule has 0 amide bonds. The lowest BCUT2D eigenvalue weighted by Crippen LogP contribution is -2.24. The lowest BCUT2D eigenvalue weighted by Gasteiger charge is -2.35. The molecular formula is C20H30O2. The molecule has 22 heavy (non-hydrogen) atoms. The third-order valence-corrected chi connectivity index (χ3v) is 4.66. The molecule has 2 heteroatoms. The van der Waals surface area contributed by atoms with Crippen molar-refractivity contribution in [3.05, 3.63) is 46.6 Å². The molecule has 0 saturated heterocycles. The predicted molar refractivity (Wildman–Crippen MR) is 93.7 cm³/mol. The van der Waals surface area contributed by atoms with Crippen molar-refractivity contribution in [3.8, 4) is 0 Å². The summed E-state index contributed by atoms with van der Waals surface area (Å²) in [6, 6.07) is 0. The van der Waals surface area contributed by atoms with Crippen LogP contribution in [0.25, 0.3) is 0 Å². The highest BCUT2D eigenvalue weighted by molar-refractivity contribution is 5.66. The van der Waals surface area contributed by atoms with Crippen LogP contribution in [0.2, 0.25) is 0 Å². The van der Waals surface area contributed by atoms with Crippen LogP contribution in [-0.2, 0) is 4.79 Å². The molecule has 0 saturated carbocycles. The van der Waals surface area contributed by atoms with E-state index in [4.69, 9.17) is 0 Å². The molecule has 0 bridgehead atoms. The van der Waals surface area contributed by atoms with E-state index in [0.717, 1.165) is 30.3 Å². The maximum absolute atomic E-state index is 10.5. The molecule has 1 aliphatic carbocycles. The van der Waals surface area contributed by atoms with E-state index in [1.54, 1.807) is 0 Å². The topological polar surface area (TPSA) is 37.3 Å². The maximum Gasteiger partial charge on any atom is 0.143 e. The van der Waals surface area contributed by atoms with Gasteiger partial charge in [-0.3, -0.25) is 4.79 Å². The quantitative estimate of drug-likeness (QED) is 0.327. The Morgan fingerprint density at radius 1 is 1.32 bits per heavy atom. The Labute approximate surface area is 135 Å². The van der Waals surface area contributed by atoms with Gasteiger partial charge >= 0.3 is 0 Å². The second kappa shape index (κ2) is 8.28. The first-order valence-corrected chi connectivity index (χ1v) is 8.12. The van der Waals surface area contributed by atoms with Gasteiger partial charge in [-0.25, -0.2) is 0 Å². The number of carbonyl (C=O) groups excluding carboxylic acids is 1. The summed E-state index contributed by atoms with van der Waals surface area (Å²) in [5, 5.41) is 10.5. The largest absolute Gasteiger partial charge is 0.388 e. The molecule has 122 valence electrons. The molecule has 0 radical (unpaired) electrons. The Morgan fingerprint density at radius 2 is 2.00 bits per heavy atom. The van der Waals surface area contributed by atoms with Gasteiger partial charge in [-0.05, 0) is 69.1 Å². The van der Waals surface area contributed by atoms with E-state index < -0.39 is 6.10 Å². The van der Waals surface area contributed by atoms with Gasteiger partial charge in [0.2, 0.25) is 0 Å². The van der Waals surface area contributed by atoms with Crippen LogP contribution in [0, 0.1) is 5.41 Å². The van der Waals surface area contributed by atoms with E-state index in [-0.39, 0.29) is 5.41 Å². The zero-order valence-electron chi connectivity index (χ0n) is 14.6. The standard InChI is InChI=1S/C20H30O2/c1-15(11-13-21)8-6-9-17(3)19(22)14-18-16(2)10-7-12-20(18,4)5/h6,8-9,11,13,19,22H,7,10,12,14H2,1-5H3/b8-6+,15-11+,17-9+. The van der Waals surface area contributed by atoms with Gasteiger partial charge in [0.25, 0.3) is 0 Å². The molecular weight excluding hydrogens is 272 g/mol. The fraction of sp³-hybridized carbons (Fsp3) is 0.550. The zero-order chi connectivity index (χ0) is 16.8. The number of hydrogen-bond donors (Lipinski definition) is 1. The number of hydrogen-bond acceptors (Lipinski definition) is 2. The average Bonchev–Trinajstić information content (AvgIpc) is 2.42. The minimum absolute atomic E-state index is 0.197. The average molecular weight is 302 g/mol. The first kappa shape index (κ1) is 18.6. The van der Waals surface area contributed by atoms with Gasteiger partial charge in [-0.15, -0.1) is 0 Å². The molecule has 0 heterocycles. The van der Waals surface area contributed by atoms with Gasteiger partial charge in [0.1, 0.15) is 6.29 Å². The van der Waals surface area contributed by atoms with Crippen LogP contribution in [0.5, 0.6) is 0 Å². The molecule has 0 fully saturated rings. The molecule has 1 rings (SSSR count). The normalized spacial score (nSPS) is 21.4. The number of allylic oxidation sites excluding steroid dienone is 6. The number of aliphatic hydroxyl groups is 1. The third-order valence-electron chi connectivity index (χ3n) is 4.66. The first-order chi connectivity index (χ1) is 10.3. The van der Waals surface area contributed by atoms with Gasteiger partial charge in [0.05, 0.1) is 6.10 Å². The summed E-state index contributed by atoms with van der Waals surface area (Å²) >= 11 is 0. The minimum atomic E-state index is -0.442. The molecule has 1 aliphatic rings. The van der Waals surface area contributed by atoms with Crippen LogP contribution in [-0.4, -0.2) is 17.5 Å². The van der Waals surface area contributed by atoms with Crippen molar-refractivity contribution in [3.63, 3.8) is 0 Å². The molecule has 0 aromatic carbocycles. The van der Waals surface area contributed by atoms with Crippen LogP contribution < -0.4 is 0 Å². The highest BCUT2D eigenvalue weighted by Crippen LogP contribution is 2.42. The van der Waals surface area contributed by atoms with Crippen molar-refractivity contribution >= 4 is 6.29 Å². The zero-order valence-corrected chi connectivity index (χ0v) is 14.6. The first-order valence-electron chi connectivity index (χ1n) is 8.12. The number of aliphatic hydroxyl groups excluding tert-OH is 1. The monoisotopic (exact) mass is 302 g/mol. The Morgan fingerprint density at radius 3 is 2.59 bits per heavy atom. The van der Waals surface area contributed by atoms with Crippen LogP contribution in [0.15, 0.2) is 46.6 Å². The summed E-state index contributed by atoms with van der Waals surface area (Å²) in [4.78, 5) is 10.4. The second-order valence-electron chi connectivity index (χ2n) is 7.03. The Balaban J connectivity index is 2.77. The second-order valence-corrected chi connectivity index (χ2v) is 7.03. The molecule has 0 aromatic heterocycles. The SMILES string of the molecule is CC1=C(CC(O)/C(C)=C/C=C/C(C)=C/C=O)C(C)(C)CCC1. The van der Waals surface area contributed by atoms with Crippen molar-refractivity contribution in [2.24, 2.45) is 5.41 Å². The van der Waals surface area contributed by atoms with E-state index in [2.05, 4.69) is 20.8 Å². The maximum atomic E-state index is 10.5. The third kappa shape index (κ3) is 5.42. The fourth-order valence-corrected chi connectivity index (χ4v) is 3.11. The van der Waals surface area contributed by atoms with E-state index in [1.165, 1.54) is 30.1 Å². The van der Waals surface area contributed by atoms with E-state index >= 15 is 0 Å². The van der Waals surface area contributed by atoms with Crippen LogP contribution in [0.3, 0.4) is 0 Å². The molecule has 0 aliphatic heterocycles. The number of rotatable bonds is 6. The Kier molecular flexibility index (Phi) is 7.02. The molecule has 0 aromatic rings. The van der Waals surface area contributed by atoms with Crippen molar-refractivity contribution in [1.29, 1.82) is 0 Å². The highest BCUT2D eigenvalue weighted by Gasteiger charge is 2.29. The predicted octanol–water partition coefficient (Wildman–Crippen LogP) is 4.91. The summed E-state index contributed by atoms with van der Waals surface area (Å²) in [6.07, 6.45) is 11.9. The molecule has 0 spiro atoms. The number of carbonyl (C=O) groups is 1. The van der Waals surface area contributed by atoms with Crippen LogP contribution >= 0.6 is 0 Å². The molecule has 2 nitrogen and oxygen atoms in total. The van der Waals surface area contributed by atoms with Crippen molar-refractivity contribution in [1.82, 2.24) is 0 Å². The van der Waals surface area contributed by atoms with E-state index in [9.17, 15) is 9.90 Å².